The van der Waals surface area contributed by atoms with Crippen LogP contribution in [0.2, 0.25) is 0 Å². The molecule has 2 aromatic rings. The lowest BCUT2D eigenvalue weighted by Gasteiger charge is -2.29. The molecule has 0 amide bonds. The summed E-state index contributed by atoms with van der Waals surface area (Å²) in [4.78, 5) is 17.8. The van der Waals surface area contributed by atoms with Gasteiger partial charge in [0, 0.05) is 32.4 Å². The van der Waals surface area contributed by atoms with Gasteiger partial charge in [0.1, 0.15) is 5.65 Å². The van der Waals surface area contributed by atoms with E-state index in [2.05, 4.69) is 15.2 Å². The first-order chi connectivity index (χ1) is 9.16. The minimum Gasteiger partial charge on any atom is -0.477 e. The van der Waals surface area contributed by atoms with Crippen LogP contribution in [0.3, 0.4) is 0 Å². The van der Waals surface area contributed by atoms with Gasteiger partial charge in [-0.2, -0.15) is 0 Å². The zero-order valence-corrected chi connectivity index (χ0v) is 10.8. The molecule has 0 atom stereocenters. The van der Waals surface area contributed by atoms with E-state index in [1.54, 1.807) is 11.3 Å². The zero-order valence-electron chi connectivity index (χ0n) is 10.8. The molecule has 0 saturated carbocycles. The number of fused-ring (bicyclic) bond motifs is 1. The third-order valence-electron chi connectivity index (χ3n) is 3.46. The number of hydrogen-bond acceptors (Lipinski definition) is 4. The number of anilines is 1. The second-order valence-electron chi connectivity index (χ2n) is 4.70. The molecule has 3 heterocycles. The SMILES string of the molecule is Cc1nc2ccc(N3CCNCC3)cn2c1C(=O)O. The standard InChI is InChI=1S/C13H16N4O2/c1-9-12(13(18)19)17-8-10(2-3-11(17)15-9)16-6-4-14-5-7-16/h2-3,8,14H,4-7H2,1H3,(H,18,19). The Morgan fingerprint density at radius 2 is 2.11 bits per heavy atom. The van der Waals surface area contributed by atoms with E-state index in [0.29, 0.717) is 11.3 Å². The number of carboxylic acids is 1. The van der Waals surface area contributed by atoms with Gasteiger partial charge in [-0.05, 0) is 19.1 Å². The van der Waals surface area contributed by atoms with Crippen molar-refractivity contribution >= 4 is 17.3 Å². The Kier molecular flexibility index (Phi) is 2.87. The molecule has 0 unspecified atom stereocenters. The Hall–Kier alpha value is -2.08. The van der Waals surface area contributed by atoms with Crippen molar-refractivity contribution < 1.29 is 9.90 Å². The maximum atomic E-state index is 11.3. The molecule has 6 nitrogen and oxygen atoms in total. The van der Waals surface area contributed by atoms with E-state index in [4.69, 9.17) is 0 Å². The summed E-state index contributed by atoms with van der Waals surface area (Å²) in [5, 5.41) is 12.6. The van der Waals surface area contributed by atoms with Crippen LogP contribution >= 0.6 is 0 Å². The van der Waals surface area contributed by atoms with Crippen LogP contribution in [0.5, 0.6) is 0 Å². The maximum absolute atomic E-state index is 11.3. The zero-order chi connectivity index (χ0) is 13.4. The lowest BCUT2D eigenvalue weighted by Crippen LogP contribution is -2.43. The third kappa shape index (κ3) is 2.04. The highest BCUT2D eigenvalue weighted by Gasteiger charge is 2.17. The van der Waals surface area contributed by atoms with Crippen molar-refractivity contribution in [2.24, 2.45) is 0 Å². The number of carbonyl (C=O) groups is 1. The van der Waals surface area contributed by atoms with Gasteiger partial charge in [0.25, 0.3) is 0 Å². The molecule has 0 spiro atoms. The number of piperazine rings is 1. The molecule has 3 rings (SSSR count). The van der Waals surface area contributed by atoms with Gasteiger partial charge in [0.2, 0.25) is 0 Å². The van der Waals surface area contributed by atoms with Crippen molar-refractivity contribution in [3.05, 3.63) is 29.7 Å². The third-order valence-corrected chi connectivity index (χ3v) is 3.46. The highest BCUT2D eigenvalue weighted by atomic mass is 16.4. The van der Waals surface area contributed by atoms with Crippen LogP contribution in [0, 0.1) is 6.92 Å². The van der Waals surface area contributed by atoms with E-state index in [1.165, 1.54) is 0 Å². The Morgan fingerprint density at radius 3 is 2.79 bits per heavy atom. The molecule has 0 aromatic carbocycles. The Labute approximate surface area is 110 Å². The number of aromatic carboxylic acids is 1. The van der Waals surface area contributed by atoms with E-state index in [0.717, 1.165) is 31.9 Å². The number of rotatable bonds is 2. The quantitative estimate of drug-likeness (QED) is 0.834. The Balaban J connectivity index is 2.08. The molecule has 0 radical (unpaired) electrons. The van der Waals surface area contributed by atoms with Crippen molar-refractivity contribution in [3.8, 4) is 0 Å². The summed E-state index contributed by atoms with van der Waals surface area (Å²) in [6.07, 6.45) is 1.87. The van der Waals surface area contributed by atoms with Gasteiger partial charge in [-0.15, -0.1) is 0 Å². The molecule has 2 aromatic heterocycles. The van der Waals surface area contributed by atoms with E-state index in [1.807, 2.05) is 18.3 Å². The smallest absolute Gasteiger partial charge is 0.354 e. The van der Waals surface area contributed by atoms with Gasteiger partial charge >= 0.3 is 5.97 Å². The highest BCUT2D eigenvalue weighted by molar-refractivity contribution is 5.88. The summed E-state index contributed by atoms with van der Waals surface area (Å²) < 4.78 is 1.66. The first-order valence-corrected chi connectivity index (χ1v) is 6.34. The van der Waals surface area contributed by atoms with E-state index >= 15 is 0 Å². The van der Waals surface area contributed by atoms with Crippen LogP contribution in [0.4, 0.5) is 5.69 Å². The lowest BCUT2D eigenvalue weighted by atomic mass is 10.3. The first kappa shape index (κ1) is 12.0. The molecule has 100 valence electrons. The largest absolute Gasteiger partial charge is 0.477 e. The lowest BCUT2D eigenvalue weighted by molar-refractivity contribution is 0.0688. The number of imidazole rings is 1. The van der Waals surface area contributed by atoms with Gasteiger partial charge in [-0.25, -0.2) is 9.78 Å². The molecule has 2 N–H and O–H groups in total. The predicted molar refractivity (Wildman–Crippen MR) is 72.0 cm³/mol. The Morgan fingerprint density at radius 1 is 1.37 bits per heavy atom. The topological polar surface area (TPSA) is 69.9 Å². The number of carboxylic acid groups (broad SMARTS) is 1. The molecule has 19 heavy (non-hydrogen) atoms. The summed E-state index contributed by atoms with van der Waals surface area (Å²) >= 11 is 0. The number of hydrogen-bond donors (Lipinski definition) is 2. The van der Waals surface area contributed by atoms with Crippen LogP contribution in [0.1, 0.15) is 16.2 Å². The molecule has 1 fully saturated rings. The van der Waals surface area contributed by atoms with Crippen LogP contribution in [-0.2, 0) is 0 Å². The highest BCUT2D eigenvalue weighted by Crippen LogP contribution is 2.19. The normalized spacial score (nSPS) is 15.9. The second kappa shape index (κ2) is 4.55. The summed E-state index contributed by atoms with van der Waals surface area (Å²) in [6, 6.07) is 3.87. The van der Waals surface area contributed by atoms with Gasteiger partial charge < -0.3 is 15.3 Å². The minimum absolute atomic E-state index is 0.243. The average Bonchev–Trinajstić information content (AvgIpc) is 2.74. The van der Waals surface area contributed by atoms with Crippen molar-refractivity contribution in [2.45, 2.75) is 6.92 Å². The molecular weight excluding hydrogens is 244 g/mol. The fourth-order valence-corrected chi connectivity index (χ4v) is 2.52. The molecule has 6 heteroatoms. The summed E-state index contributed by atoms with van der Waals surface area (Å²) in [7, 11) is 0. The number of pyridine rings is 1. The Bertz CT molecular complexity index is 629. The maximum Gasteiger partial charge on any atom is 0.354 e. The number of nitrogens with one attached hydrogen (secondary N) is 1. The molecule has 1 saturated heterocycles. The van der Waals surface area contributed by atoms with Gasteiger partial charge in [0.05, 0.1) is 11.4 Å². The molecule has 0 bridgehead atoms. The van der Waals surface area contributed by atoms with Gasteiger partial charge in [-0.1, -0.05) is 0 Å². The number of nitrogens with zero attached hydrogens (tertiary/aromatic N) is 3. The average molecular weight is 260 g/mol. The fourth-order valence-electron chi connectivity index (χ4n) is 2.52. The van der Waals surface area contributed by atoms with E-state index in [9.17, 15) is 9.90 Å². The van der Waals surface area contributed by atoms with Crippen LogP contribution in [-0.4, -0.2) is 46.6 Å². The first-order valence-electron chi connectivity index (χ1n) is 6.34. The summed E-state index contributed by atoms with van der Waals surface area (Å²) in [5.74, 6) is -0.942. The van der Waals surface area contributed by atoms with Crippen molar-refractivity contribution in [2.75, 3.05) is 31.1 Å². The number of aromatic nitrogens is 2. The van der Waals surface area contributed by atoms with Gasteiger partial charge in [-0.3, -0.25) is 4.40 Å². The summed E-state index contributed by atoms with van der Waals surface area (Å²) in [6.45, 7) is 5.49. The monoisotopic (exact) mass is 260 g/mol. The predicted octanol–water partition coefficient (Wildman–Crippen LogP) is 0.751. The summed E-state index contributed by atoms with van der Waals surface area (Å²) in [5.41, 5.74) is 2.50. The van der Waals surface area contributed by atoms with Crippen LogP contribution in [0.15, 0.2) is 18.3 Å². The van der Waals surface area contributed by atoms with Crippen molar-refractivity contribution in [1.29, 1.82) is 0 Å². The van der Waals surface area contributed by atoms with E-state index in [-0.39, 0.29) is 5.69 Å². The fraction of sp³-hybridized carbons (Fsp3) is 0.385. The van der Waals surface area contributed by atoms with E-state index < -0.39 is 5.97 Å². The minimum atomic E-state index is -0.942. The van der Waals surface area contributed by atoms with Crippen molar-refractivity contribution in [1.82, 2.24) is 14.7 Å². The molecule has 1 aliphatic rings. The molecular formula is C13H16N4O2. The second-order valence-corrected chi connectivity index (χ2v) is 4.70. The molecule has 1 aliphatic heterocycles. The van der Waals surface area contributed by atoms with Crippen LogP contribution in [0.25, 0.3) is 5.65 Å². The van der Waals surface area contributed by atoms with Crippen LogP contribution < -0.4 is 10.2 Å². The van der Waals surface area contributed by atoms with Crippen molar-refractivity contribution in [3.63, 3.8) is 0 Å². The number of aryl methyl sites for hydroxylation is 1. The molecule has 0 aliphatic carbocycles. The van der Waals surface area contributed by atoms with Gasteiger partial charge in [0.15, 0.2) is 5.69 Å².